The van der Waals surface area contributed by atoms with Crippen LogP contribution in [0.4, 0.5) is 0 Å². The molecular weight excluding hydrogens is 216 g/mol. The molecule has 0 radical (unpaired) electrons. The van der Waals surface area contributed by atoms with Crippen LogP contribution in [0.15, 0.2) is 0 Å². The SMILES string of the molecule is O=C1CCC(NC2CCCCCCC2)C(=O)N1. The second-order valence-corrected chi connectivity index (χ2v) is 5.21. The third kappa shape index (κ3) is 3.80. The van der Waals surface area contributed by atoms with E-state index in [1.165, 1.54) is 32.1 Å². The van der Waals surface area contributed by atoms with Gasteiger partial charge in [-0.1, -0.05) is 32.1 Å². The lowest BCUT2D eigenvalue weighted by Crippen LogP contribution is -2.53. The lowest BCUT2D eigenvalue weighted by molar-refractivity contribution is -0.134. The first-order chi connectivity index (χ1) is 8.25. The van der Waals surface area contributed by atoms with E-state index in [4.69, 9.17) is 0 Å². The molecule has 2 rings (SSSR count). The molecule has 0 aromatic rings. The summed E-state index contributed by atoms with van der Waals surface area (Å²) in [7, 11) is 0. The molecule has 1 atom stereocenters. The maximum absolute atomic E-state index is 11.6. The molecule has 17 heavy (non-hydrogen) atoms. The van der Waals surface area contributed by atoms with Crippen LogP contribution in [0.2, 0.25) is 0 Å². The van der Waals surface area contributed by atoms with Crippen molar-refractivity contribution in [2.45, 2.75) is 69.9 Å². The predicted octanol–water partition coefficient (Wildman–Crippen LogP) is 1.49. The van der Waals surface area contributed by atoms with Gasteiger partial charge in [0.15, 0.2) is 0 Å². The van der Waals surface area contributed by atoms with Crippen molar-refractivity contribution in [3.8, 4) is 0 Å². The Kier molecular flexibility index (Phi) is 4.54. The molecule has 0 aromatic heterocycles. The summed E-state index contributed by atoms with van der Waals surface area (Å²) in [6, 6.07) is 0.302. The Morgan fingerprint density at radius 1 is 0.941 bits per heavy atom. The van der Waals surface area contributed by atoms with Gasteiger partial charge in [-0.2, -0.15) is 0 Å². The van der Waals surface area contributed by atoms with E-state index in [1.807, 2.05) is 0 Å². The summed E-state index contributed by atoms with van der Waals surface area (Å²) in [5.41, 5.74) is 0. The van der Waals surface area contributed by atoms with Gasteiger partial charge in [0, 0.05) is 12.5 Å². The Morgan fingerprint density at radius 2 is 1.59 bits per heavy atom. The van der Waals surface area contributed by atoms with Crippen molar-refractivity contribution < 1.29 is 9.59 Å². The Morgan fingerprint density at radius 3 is 2.24 bits per heavy atom. The zero-order valence-electron chi connectivity index (χ0n) is 10.3. The van der Waals surface area contributed by atoms with E-state index in [9.17, 15) is 9.59 Å². The number of carbonyl (C=O) groups excluding carboxylic acids is 2. The Hall–Kier alpha value is -0.900. The van der Waals surface area contributed by atoms with Crippen LogP contribution in [0.1, 0.15) is 57.8 Å². The van der Waals surface area contributed by atoms with E-state index in [-0.39, 0.29) is 17.9 Å². The van der Waals surface area contributed by atoms with Crippen LogP contribution < -0.4 is 10.6 Å². The van der Waals surface area contributed by atoms with Crippen LogP contribution in [-0.4, -0.2) is 23.9 Å². The molecule has 1 heterocycles. The Balaban J connectivity index is 1.82. The van der Waals surface area contributed by atoms with E-state index >= 15 is 0 Å². The lowest BCUT2D eigenvalue weighted by atomic mass is 9.95. The molecule has 2 fully saturated rings. The Bertz CT molecular complexity index is 283. The minimum atomic E-state index is -0.155. The number of nitrogens with one attached hydrogen (secondary N) is 2. The second kappa shape index (κ2) is 6.15. The minimum absolute atomic E-state index is 0.134. The summed E-state index contributed by atoms with van der Waals surface area (Å²) in [6.07, 6.45) is 9.94. The molecule has 2 N–H and O–H groups in total. The highest BCUT2D eigenvalue weighted by Gasteiger charge is 2.28. The molecule has 0 spiro atoms. The third-order valence-corrected chi connectivity index (χ3v) is 3.78. The van der Waals surface area contributed by atoms with Crippen LogP contribution in [0.3, 0.4) is 0 Å². The molecule has 1 saturated carbocycles. The van der Waals surface area contributed by atoms with Gasteiger partial charge in [0.25, 0.3) is 0 Å². The number of carbonyl (C=O) groups is 2. The van der Waals surface area contributed by atoms with E-state index < -0.39 is 0 Å². The summed E-state index contributed by atoms with van der Waals surface area (Å²) in [5, 5.41) is 5.84. The van der Waals surface area contributed by atoms with Crippen molar-refractivity contribution in [1.29, 1.82) is 0 Å². The molecular formula is C13H22N2O2. The molecule has 0 aromatic carbocycles. The highest BCUT2D eigenvalue weighted by Crippen LogP contribution is 2.18. The first kappa shape index (κ1) is 12.6. The van der Waals surface area contributed by atoms with Gasteiger partial charge in [-0.15, -0.1) is 0 Å². The van der Waals surface area contributed by atoms with Gasteiger partial charge in [0.05, 0.1) is 6.04 Å². The summed E-state index contributed by atoms with van der Waals surface area (Å²) in [5.74, 6) is -0.269. The fourth-order valence-electron chi connectivity index (χ4n) is 2.76. The van der Waals surface area contributed by atoms with Gasteiger partial charge in [-0.05, 0) is 19.3 Å². The molecule has 0 bridgehead atoms. The van der Waals surface area contributed by atoms with Gasteiger partial charge in [-0.3, -0.25) is 14.9 Å². The Labute approximate surface area is 103 Å². The van der Waals surface area contributed by atoms with Gasteiger partial charge < -0.3 is 5.32 Å². The van der Waals surface area contributed by atoms with Crippen LogP contribution in [-0.2, 0) is 9.59 Å². The molecule has 1 aliphatic carbocycles. The lowest BCUT2D eigenvalue weighted by Gasteiger charge is -2.28. The maximum atomic E-state index is 11.6. The van der Waals surface area contributed by atoms with E-state index in [0.29, 0.717) is 18.9 Å². The van der Waals surface area contributed by atoms with E-state index in [2.05, 4.69) is 10.6 Å². The first-order valence-electron chi connectivity index (χ1n) is 6.85. The van der Waals surface area contributed by atoms with Crippen LogP contribution in [0.25, 0.3) is 0 Å². The molecule has 2 amide bonds. The number of piperidine rings is 1. The highest BCUT2D eigenvalue weighted by molar-refractivity contribution is 6.00. The molecule has 1 saturated heterocycles. The first-order valence-corrected chi connectivity index (χ1v) is 6.85. The second-order valence-electron chi connectivity index (χ2n) is 5.21. The normalized spacial score (nSPS) is 28.4. The molecule has 96 valence electrons. The summed E-state index contributed by atoms with van der Waals surface area (Å²) < 4.78 is 0. The predicted molar refractivity (Wildman–Crippen MR) is 65.4 cm³/mol. The molecule has 2 aliphatic rings. The summed E-state index contributed by atoms with van der Waals surface area (Å²) in [4.78, 5) is 22.7. The van der Waals surface area contributed by atoms with Crippen LogP contribution in [0, 0.1) is 0 Å². The van der Waals surface area contributed by atoms with Crippen LogP contribution >= 0.6 is 0 Å². The van der Waals surface area contributed by atoms with Crippen molar-refractivity contribution >= 4 is 11.8 Å². The highest BCUT2D eigenvalue weighted by atomic mass is 16.2. The van der Waals surface area contributed by atoms with Gasteiger partial charge in [-0.25, -0.2) is 0 Å². The topological polar surface area (TPSA) is 58.2 Å². The van der Waals surface area contributed by atoms with E-state index in [0.717, 1.165) is 12.8 Å². The van der Waals surface area contributed by atoms with Gasteiger partial charge in [0.2, 0.25) is 11.8 Å². The number of imide groups is 1. The number of hydrogen-bond acceptors (Lipinski definition) is 3. The third-order valence-electron chi connectivity index (χ3n) is 3.78. The van der Waals surface area contributed by atoms with Crippen molar-refractivity contribution in [1.82, 2.24) is 10.6 Å². The molecule has 1 unspecified atom stereocenters. The van der Waals surface area contributed by atoms with Crippen molar-refractivity contribution in [3.05, 3.63) is 0 Å². The molecule has 4 nitrogen and oxygen atoms in total. The van der Waals surface area contributed by atoms with Gasteiger partial charge in [0.1, 0.15) is 0 Å². The maximum Gasteiger partial charge on any atom is 0.243 e. The average Bonchev–Trinajstić information content (AvgIpc) is 2.25. The zero-order chi connectivity index (χ0) is 12.1. The molecule has 4 heteroatoms. The largest absolute Gasteiger partial charge is 0.303 e. The van der Waals surface area contributed by atoms with Crippen molar-refractivity contribution in [2.24, 2.45) is 0 Å². The van der Waals surface area contributed by atoms with Crippen molar-refractivity contribution in [3.63, 3.8) is 0 Å². The van der Waals surface area contributed by atoms with E-state index in [1.54, 1.807) is 0 Å². The summed E-state index contributed by atoms with van der Waals surface area (Å²) in [6.45, 7) is 0. The fourth-order valence-corrected chi connectivity index (χ4v) is 2.76. The average molecular weight is 238 g/mol. The summed E-state index contributed by atoms with van der Waals surface area (Å²) >= 11 is 0. The molecule has 1 aliphatic heterocycles. The number of rotatable bonds is 2. The number of hydrogen-bond donors (Lipinski definition) is 2. The smallest absolute Gasteiger partial charge is 0.243 e. The number of amides is 2. The fraction of sp³-hybridized carbons (Fsp3) is 0.846. The minimum Gasteiger partial charge on any atom is -0.303 e. The van der Waals surface area contributed by atoms with Gasteiger partial charge >= 0.3 is 0 Å². The standard InChI is InChI=1S/C13H22N2O2/c16-12-9-8-11(13(17)15-12)14-10-6-4-2-1-3-5-7-10/h10-11,14H,1-9H2,(H,15,16,17). The van der Waals surface area contributed by atoms with Crippen molar-refractivity contribution in [2.75, 3.05) is 0 Å². The zero-order valence-corrected chi connectivity index (χ0v) is 10.3. The quantitative estimate of drug-likeness (QED) is 0.717. The monoisotopic (exact) mass is 238 g/mol. The van der Waals surface area contributed by atoms with Crippen LogP contribution in [0.5, 0.6) is 0 Å².